The monoisotopic (exact) mass is 565 g/mol. The molecular weight excluding hydrogens is 537 g/mol. The predicted octanol–water partition coefficient (Wildman–Crippen LogP) is 7.65. The Hall–Kier alpha value is -4.50. The van der Waals surface area contributed by atoms with Gasteiger partial charge in [-0.2, -0.15) is 0 Å². The molecule has 0 N–H and O–H groups in total. The molecule has 0 unspecified atom stereocenters. The maximum absolute atomic E-state index is 5.52. The van der Waals surface area contributed by atoms with Crippen molar-refractivity contribution in [2.75, 3.05) is 0 Å². The van der Waals surface area contributed by atoms with Gasteiger partial charge in [0.2, 0.25) is 0 Å². The standard InChI is InChI=1S/C36H28N3PS/c1-6-16-27(17-7-1)33-32(37-34(28-18-8-2-9-19-28)36-35(33)38-41-39-36)26-40(29-20-10-3-11-21-29,30-22-12-4-13-23-30)31-24-14-5-15-25-31/h1-25,40H,26H2. The summed E-state index contributed by atoms with van der Waals surface area (Å²) in [7, 11) is -2.63. The van der Waals surface area contributed by atoms with E-state index in [1.807, 2.05) is 6.07 Å². The van der Waals surface area contributed by atoms with Crippen LogP contribution >= 0.6 is 19.0 Å². The van der Waals surface area contributed by atoms with Crippen LogP contribution in [0.1, 0.15) is 5.69 Å². The van der Waals surface area contributed by atoms with Gasteiger partial charge < -0.3 is 0 Å². The zero-order valence-corrected chi connectivity index (χ0v) is 24.2. The van der Waals surface area contributed by atoms with Crippen LogP contribution in [-0.2, 0) is 6.16 Å². The number of aromatic nitrogens is 3. The molecule has 7 aromatic rings. The number of pyridine rings is 1. The average molecular weight is 566 g/mol. The van der Waals surface area contributed by atoms with Crippen molar-refractivity contribution in [3.63, 3.8) is 0 Å². The number of hydrogen-bond acceptors (Lipinski definition) is 4. The summed E-state index contributed by atoms with van der Waals surface area (Å²) in [5.41, 5.74) is 6.97. The average Bonchev–Trinajstić information content (AvgIpc) is 3.55. The third-order valence-electron chi connectivity index (χ3n) is 7.83. The summed E-state index contributed by atoms with van der Waals surface area (Å²) in [6, 6.07) is 54.1. The third kappa shape index (κ3) is 4.66. The topological polar surface area (TPSA) is 38.7 Å². The summed E-state index contributed by atoms with van der Waals surface area (Å²) >= 11 is 1.26. The number of nitrogens with zero attached hydrogens (tertiary/aromatic N) is 3. The van der Waals surface area contributed by atoms with E-state index in [9.17, 15) is 0 Å². The summed E-state index contributed by atoms with van der Waals surface area (Å²) in [5.74, 6) is 0. The van der Waals surface area contributed by atoms with E-state index in [4.69, 9.17) is 13.7 Å². The molecule has 0 saturated carbocycles. The van der Waals surface area contributed by atoms with Crippen molar-refractivity contribution in [1.29, 1.82) is 0 Å². The first kappa shape index (κ1) is 25.5. The molecule has 0 bridgehead atoms. The fourth-order valence-electron chi connectivity index (χ4n) is 5.95. The van der Waals surface area contributed by atoms with E-state index in [0.29, 0.717) is 0 Å². The Morgan fingerprint density at radius 1 is 0.463 bits per heavy atom. The van der Waals surface area contributed by atoms with Crippen molar-refractivity contribution in [2.24, 2.45) is 0 Å². The molecule has 0 fully saturated rings. The van der Waals surface area contributed by atoms with Gasteiger partial charge in [0.25, 0.3) is 0 Å². The van der Waals surface area contributed by atoms with Gasteiger partial charge in [0.1, 0.15) is 0 Å². The maximum atomic E-state index is 5.52. The Morgan fingerprint density at radius 2 is 0.878 bits per heavy atom. The van der Waals surface area contributed by atoms with Crippen LogP contribution in [0.15, 0.2) is 152 Å². The Kier molecular flexibility index (Phi) is 6.94. The van der Waals surface area contributed by atoms with Gasteiger partial charge in [0, 0.05) is 0 Å². The van der Waals surface area contributed by atoms with Gasteiger partial charge in [-0.05, 0) is 0 Å². The Balaban J connectivity index is 1.58. The van der Waals surface area contributed by atoms with Crippen molar-refractivity contribution in [3.05, 3.63) is 157 Å². The Labute approximate surface area is 244 Å². The number of benzene rings is 5. The summed E-state index contributed by atoms with van der Waals surface area (Å²) in [6.07, 6.45) is 0.780. The molecule has 0 aliphatic carbocycles. The minimum absolute atomic E-state index is 0.780. The van der Waals surface area contributed by atoms with Crippen LogP contribution in [0.25, 0.3) is 33.4 Å². The van der Waals surface area contributed by atoms with Crippen molar-refractivity contribution >= 4 is 45.9 Å². The quantitative estimate of drug-likeness (QED) is 0.186. The predicted molar refractivity (Wildman–Crippen MR) is 176 cm³/mol. The summed E-state index contributed by atoms with van der Waals surface area (Å²) in [6.45, 7) is 0. The molecule has 0 amide bonds. The second-order valence-corrected chi connectivity index (χ2v) is 14.6. The van der Waals surface area contributed by atoms with Crippen molar-refractivity contribution in [1.82, 2.24) is 13.7 Å². The van der Waals surface area contributed by atoms with Gasteiger partial charge in [0.15, 0.2) is 0 Å². The van der Waals surface area contributed by atoms with Crippen LogP contribution in [0, 0.1) is 0 Å². The Morgan fingerprint density at radius 3 is 1.37 bits per heavy atom. The van der Waals surface area contributed by atoms with Gasteiger partial charge in [-0.25, -0.2) is 0 Å². The van der Waals surface area contributed by atoms with E-state index in [0.717, 1.165) is 45.3 Å². The van der Waals surface area contributed by atoms with Crippen LogP contribution in [-0.4, -0.2) is 13.7 Å². The second-order valence-electron chi connectivity index (χ2n) is 10.2. The fraction of sp³-hybridized carbons (Fsp3) is 0.0278. The molecule has 7 rings (SSSR count). The van der Waals surface area contributed by atoms with Crippen LogP contribution in [0.3, 0.4) is 0 Å². The normalized spacial score (nSPS) is 11.9. The molecule has 3 nitrogen and oxygen atoms in total. The molecule has 0 atom stereocenters. The molecule has 0 saturated heterocycles. The number of hydrogen-bond donors (Lipinski definition) is 0. The summed E-state index contributed by atoms with van der Waals surface area (Å²) in [4.78, 5) is 5.52. The van der Waals surface area contributed by atoms with Gasteiger partial charge in [0.05, 0.1) is 0 Å². The van der Waals surface area contributed by atoms with E-state index in [1.165, 1.54) is 27.6 Å². The number of fused-ring (bicyclic) bond motifs is 1. The van der Waals surface area contributed by atoms with Crippen LogP contribution in [0.2, 0.25) is 0 Å². The van der Waals surface area contributed by atoms with Crippen molar-refractivity contribution in [2.45, 2.75) is 6.16 Å². The van der Waals surface area contributed by atoms with E-state index in [1.54, 1.807) is 0 Å². The molecule has 0 radical (unpaired) electrons. The van der Waals surface area contributed by atoms with Gasteiger partial charge >= 0.3 is 246 Å². The Bertz CT molecular complexity index is 1800. The van der Waals surface area contributed by atoms with Crippen LogP contribution in [0.5, 0.6) is 0 Å². The van der Waals surface area contributed by atoms with Crippen LogP contribution in [0.4, 0.5) is 0 Å². The molecule has 2 aromatic heterocycles. The molecule has 0 aliphatic rings. The summed E-state index contributed by atoms with van der Waals surface area (Å²) < 4.78 is 9.67. The SMILES string of the molecule is c1ccc(-c2nc(C[PH](c3ccccc3)(c3ccccc3)c3ccccc3)c(-c3ccccc3)c3nsnc23)cc1. The molecule has 5 heteroatoms. The zero-order chi connectivity index (χ0) is 27.5. The molecule has 0 spiro atoms. The van der Waals surface area contributed by atoms with Crippen molar-refractivity contribution < 1.29 is 0 Å². The fourth-order valence-corrected chi connectivity index (χ4v) is 11.2. The van der Waals surface area contributed by atoms with Gasteiger partial charge in [-0.15, -0.1) is 0 Å². The van der Waals surface area contributed by atoms with Gasteiger partial charge in [-0.3, -0.25) is 0 Å². The van der Waals surface area contributed by atoms with Crippen LogP contribution < -0.4 is 15.9 Å². The molecule has 2 heterocycles. The first-order valence-electron chi connectivity index (χ1n) is 13.8. The first-order valence-corrected chi connectivity index (χ1v) is 16.7. The van der Waals surface area contributed by atoms with E-state index in [-0.39, 0.29) is 0 Å². The van der Waals surface area contributed by atoms with E-state index < -0.39 is 7.26 Å². The molecular formula is C36H28N3PS. The second kappa shape index (κ2) is 11.2. The van der Waals surface area contributed by atoms with E-state index in [2.05, 4.69) is 146 Å². The van der Waals surface area contributed by atoms with Crippen molar-refractivity contribution in [3.8, 4) is 22.4 Å². The zero-order valence-electron chi connectivity index (χ0n) is 22.4. The molecule has 0 aliphatic heterocycles. The van der Waals surface area contributed by atoms with Gasteiger partial charge in [-0.1, -0.05) is 0 Å². The summed E-state index contributed by atoms with van der Waals surface area (Å²) in [5, 5.41) is 4.07. The molecule has 5 aromatic carbocycles. The first-order chi connectivity index (χ1) is 20.3. The number of rotatable bonds is 7. The minimum atomic E-state index is -2.63. The molecule has 198 valence electrons. The third-order valence-corrected chi connectivity index (χ3v) is 13.2. The molecule has 41 heavy (non-hydrogen) atoms. The van der Waals surface area contributed by atoms with E-state index >= 15 is 0 Å².